The minimum absolute atomic E-state index is 0.0836. The predicted molar refractivity (Wildman–Crippen MR) is 78.1 cm³/mol. The van der Waals surface area contributed by atoms with Gasteiger partial charge in [0.15, 0.2) is 0 Å². The Hall–Kier alpha value is -1.40. The standard InChI is InChI=1S/C14H21NO4S/c1-9(2)6-12(14(18)19)15-10(8-13(16)17)7-11-4-3-5-20-11/h3-5,9-10,12,15H,6-8H2,1-2H3,(H,16,17)(H,18,19)/t10-,12?/m0/s1. The van der Waals surface area contributed by atoms with E-state index < -0.39 is 18.0 Å². The molecule has 1 unspecified atom stereocenters. The fourth-order valence-corrected chi connectivity index (χ4v) is 2.85. The van der Waals surface area contributed by atoms with Crippen molar-refractivity contribution in [2.45, 2.75) is 45.2 Å². The number of hydrogen-bond acceptors (Lipinski definition) is 4. The van der Waals surface area contributed by atoms with Crippen LogP contribution in [0.5, 0.6) is 0 Å². The lowest BCUT2D eigenvalue weighted by molar-refractivity contribution is -0.142. The molecule has 0 aliphatic rings. The Morgan fingerprint density at radius 1 is 1.35 bits per heavy atom. The maximum atomic E-state index is 11.3. The minimum Gasteiger partial charge on any atom is -0.481 e. The zero-order chi connectivity index (χ0) is 15.1. The summed E-state index contributed by atoms with van der Waals surface area (Å²) < 4.78 is 0. The van der Waals surface area contributed by atoms with Gasteiger partial charge < -0.3 is 15.5 Å². The van der Waals surface area contributed by atoms with Crippen molar-refractivity contribution in [1.82, 2.24) is 5.32 Å². The third kappa shape index (κ3) is 6.16. The first-order valence-electron chi connectivity index (χ1n) is 6.61. The fourth-order valence-electron chi connectivity index (χ4n) is 2.07. The highest BCUT2D eigenvalue weighted by Crippen LogP contribution is 2.14. The average Bonchev–Trinajstić information content (AvgIpc) is 2.79. The topological polar surface area (TPSA) is 86.6 Å². The van der Waals surface area contributed by atoms with E-state index in [1.165, 1.54) is 0 Å². The molecule has 20 heavy (non-hydrogen) atoms. The SMILES string of the molecule is CC(C)CC(N[C@H](CC(=O)O)Cc1cccs1)C(=O)O. The van der Waals surface area contributed by atoms with Crippen LogP contribution in [0, 0.1) is 5.92 Å². The monoisotopic (exact) mass is 299 g/mol. The molecule has 0 bridgehead atoms. The smallest absolute Gasteiger partial charge is 0.320 e. The summed E-state index contributed by atoms with van der Waals surface area (Å²) in [5, 5.41) is 23.1. The highest BCUT2D eigenvalue weighted by atomic mass is 32.1. The normalized spacial score (nSPS) is 14.2. The van der Waals surface area contributed by atoms with Gasteiger partial charge in [-0.05, 0) is 30.2 Å². The molecule has 0 aliphatic carbocycles. The summed E-state index contributed by atoms with van der Waals surface area (Å²) in [5.41, 5.74) is 0. The summed E-state index contributed by atoms with van der Waals surface area (Å²) in [6.45, 7) is 3.90. The Labute approximate surface area is 122 Å². The molecule has 0 radical (unpaired) electrons. The van der Waals surface area contributed by atoms with Crippen molar-refractivity contribution in [2.75, 3.05) is 0 Å². The molecule has 1 aromatic heterocycles. The van der Waals surface area contributed by atoms with E-state index in [1.54, 1.807) is 11.3 Å². The molecule has 0 spiro atoms. The van der Waals surface area contributed by atoms with Crippen molar-refractivity contribution in [3.05, 3.63) is 22.4 Å². The van der Waals surface area contributed by atoms with E-state index in [1.807, 2.05) is 31.4 Å². The molecule has 1 aromatic rings. The Morgan fingerprint density at radius 3 is 2.50 bits per heavy atom. The summed E-state index contributed by atoms with van der Waals surface area (Å²) >= 11 is 1.55. The molecule has 1 heterocycles. The van der Waals surface area contributed by atoms with Crippen molar-refractivity contribution in [2.24, 2.45) is 5.92 Å². The third-order valence-corrected chi connectivity index (χ3v) is 3.79. The number of carbonyl (C=O) groups is 2. The molecule has 5 nitrogen and oxygen atoms in total. The van der Waals surface area contributed by atoms with Crippen LogP contribution in [0.1, 0.15) is 31.6 Å². The number of carboxylic acids is 2. The maximum absolute atomic E-state index is 11.3. The predicted octanol–water partition coefficient (Wildman–Crippen LogP) is 2.22. The van der Waals surface area contributed by atoms with E-state index >= 15 is 0 Å². The Balaban J connectivity index is 2.70. The summed E-state index contributed by atoms with van der Waals surface area (Å²) in [5.74, 6) is -1.62. The summed E-state index contributed by atoms with van der Waals surface area (Å²) in [4.78, 5) is 23.2. The van der Waals surface area contributed by atoms with Crippen LogP contribution in [0.4, 0.5) is 0 Å². The number of aliphatic carboxylic acids is 2. The molecule has 3 N–H and O–H groups in total. The van der Waals surface area contributed by atoms with Gasteiger partial charge in [-0.1, -0.05) is 19.9 Å². The van der Waals surface area contributed by atoms with Gasteiger partial charge in [-0.25, -0.2) is 0 Å². The van der Waals surface area contributed by atoms with E-state index in [-0.39, 0.29) is 18.4 Å². The average molecular weight is 299 g/mol. The number of nitrogens with one attached hydrogen (secondary N) is 1. The second-order valence-corrected chi connectivity index (χ2v) is 6.30. The second kappa shape index (κ2) is 8.01. The molecule has 6 heteroatoms. The van der Waals surface area contributed by atoms with Crippen LogP contribution in [0.2, 0.25) is 0 Å². The van der Waals surface area contributed by atoms with Gasteiger partial charge in [-0.3, -0.25) is 9.59 Å². The largest absolute Gasteiger partial charge is 0.481 e. The summed E-state index contributed by atoms with van der Waals surface area (Å²) in [6.07, 6.45) is 0.932. The van der Waals surface area contributed by atoms with Gasteiger partial charge in [-0.15, -0.1) is 11.3 Å². The maximum Gasteiger partial charge on any atom is 0.320 e. The fraction of sp³-hybridized carbons (Fsp3) is 0.571. The molecule has 0 amide bonds. The molecule has 0 saturated heterocycles. The molecule has 0 aromatic carbocycles. The number of rotatable bonds is 9. The quantitative estimate of drug-likeness (QED) is 0.651. The lowest BCUT2D eigenvalue weighted by Gasteiger charge is -2.23. The molecular formula is C14H21NO4S. The number of hydrogen-bond donors (Lipinski definition) is 3. The van der Waals surface area contributed by atoms with Gasteiger partial charge in [-0.2, -0.15) is 0 Å². The van der Waals surface area contributed by atoms with Crippen LogP contribution in [0.25, 0.3) is 0 Å². The Kier molecular flexibility index (Phi) is 6.67. The van der Waals surface area contributed by atoms with Crippen molar-refractivity contribution in [3.63, 3.8) is 0 Å². The van der Waals surface area contributed by atoms with Crippen LogP contribution in [-0.2, 0) is 16.0 Å². The molecular weight excluding hydrogens is 278 g/mol. The first-order chi connectivity index (χ1) is 9.38. The number of thiophene rings is 1. The highest BCUT2D eigenvalue weighted by molar-refractivity contribution is 7.09. The van der Waals surface area contributed by atoms with Gasteiger partial charge in [0.25, 0.3) is 0 Å². The lowest BCUT2D eigenvalue weighted by atomic mass is 10.0. The molecule has 112 valence electrons. The molecule has 0 saturated carbocycles. The first kappa shape index (κ1) is 16.7. The third-order valence-electron chi connectivity index (χ3n) is 2.89. The van der Waals surface area contributed by atoms with Crippen LogP contribution >= 0.6 is 11.3 Å². The van der Waals surface area contributed by atoms with Gasteiger partial charge in [0, 0.05) is 10.9 Å². The van der Waals surface area contributed by atoms with E-state index in [0.29, 0.717) is 12.8 Å². The van der Waals surface area contributed by atoms with Crippen molar-refractivity contribution in [3.8, 4) is 0 Å². The van der Waals surface area contributed by atoms with Crippen LogP contribution in [-0.4, -0.2) is 34.2 Å². The van der Waals surface area contributed by atoms with Crippen molar-refractivity contribution in [1.29, 1.82) is 0 Å². The van der Waals surface area contributed by atoms with E-state index in [2.05, 4.69) is 5.32 Å². The molecule has 0 aliphatic heterocycles. The van der Waals surface area contributed by atoms with E-state index in [0.717, 1.165) is 4.88 Å². The van der Waals surface area contributed by atoms with Crippen LogP contribution in [0.3, 0.4) is 0 Å². The zero-order valence-corrected chi connectivity index (χ0v) is 12.5. The number of carboxylic acid groups (broad SMARTS) is 2. The Morgan fingerprint density at radius 2 is 2.05 bits per heavy atom. The summed E-state index contributed by atoms with van der Waals surface area (Å²) in [6, 6.07) is 2.75. The molecule has 1 rings (SSSR count). The van der Waals surface area contributed by atoms with Gasteiger partial charge in [0.05, 0.1) is 6.42 Å². The highest BCUT2D eigenvalue weighted by Gasteiger charge is 2.24. The molecule has 0 fully saturated rings. The Bertz CT molecular complexity index is 430. The van der Waals surface area contributed by atoms with Crippen molar-refractivity contribution >= 4 is 23.3 Å². The van der Waals surface area contributed by atoms with Crippen molar-refractivity contribution < 1.29 is 19.8 Å². The van der Waals surface area contributed by atoms with Crippen LogP contribution in [0.15, 0.2) is 17.5 Å². The second-order valence-electron chi connectivity index (χ2n) is 5.27. The van der Waals surface area contributed by atoms with E-state index in [4.69, 9.17) is 5.11 Å². The van der Waals surface area contributed by atoms with Gasteiger partial charge in [0.1, 0.15) is 6.04 Å². The lowest BCUT2D eigenvalue weighted by Crippen LogP contribution is -2.45. The summed E-state index contributed by atoms with van der Waals surface area (Å²) in [7, 11) is 0. The van der Waals surface area contributed by atoms with E-state index in [9.17, 15) is 14.7 Å². The first-order valence-corrected chi connectivity index (χ1v) is 7.49. The van der Waals surface area contributed by atoms with Crippen LogP contribution < -0.4 is 5.32 Å². The van der Waals surface area contributed by atoms with Gasteiger partial charge in [0.2, 0.25) is 0 Å². The zero-order valence-electron chi connectivity index (χ0n) is 11.7. The molecule has 2 atom stereocenters. The minimum atomic E-state index is -0.930. The van der Waals surface area contributed by atoms with Gasteiger partial charge >= 0.3 is 11.9 Å².